The molecular weight excluding hydrogens is 256 g/mol. The van der Waals surface area contributed by atoms with Gasteiger partial charge in [0.2, 0.25) is 10.0 Å². The third-order valence-corrected chi connectivity index (χ3v) is 3.63. The molecule has 0 aliphatic rings. The van der Waals surface area contributed by atoms with E-state index in [0.29, 0.717) is 5.82 Å². The van der Waals surface area contributed by atoms with Crippen molar-refractivity contribution in [1.82, 2.24) is 19.5 Å². The molecule has 0 saturated heterocycles. The van der Waals surface area contributed by atoms with E-state index in [0.717, 1.165) is 0 Å². The number of aromatic hydroxyl groups is 1. The summed E-state index contributed by atoms with van der Waals surface area (Å²) < 4.78 is 27.6. The van der Waals surface area contributed by atoms with Gasteiger partial charge >= 0.3 is 0 Å². The lowest BCUT2D eigenvalue weighted by Gasteiger charge is -2.04. The molecule has 0 atom stereocenters. The number of phenols is 1. The molecule has 1 aromatic heterocycles. The summed E-state index contributed by atoms with van der Waals surface area (Å²) in [6.45, 7) is 0.0179. The number of benzene rings is 1. The van der Waals surface area contributed by atoms with Crippen LogP contribution in [-0.4, -0.2) is 28.3 Å². The number of aryl methyl sites for hydroxylation is 1. The molecule has 0 aliphatic heterocycles. The summed E-state index contributed by atoms with van der Waals surface area (Å²) in [7, 11) is -1.92. The first-order valence-electron chi connectivity index (χ1n) is 5.10. The van der Waals surface area contributed by atoms with Crippen molar-refractivity contribution in [3.8, 4) is 5.75 Å². The molecule has 96 valence electrons. The van der Waals surface area contributed by atoms with Gasteiger partial charge in [0, 0.05) is 7.05 Å². The number of sulfonamides is 1. The Balaban J connectivity index is 2.10. The Bertz CT molecular complexity index is 633. The van der Waals surface area contributed by atoms with E-state index in [1.54, 1.807) is 7.05 Å². The molecule has 2 N–H and O–H groups in total. The number of hydrogen-bond donors (Lipinski definition) is 2. The molecule has 0 amide bonds. The van der Waals surface area contributed by atoms with Crippen molar-refractivity contribution in [2.24, 2.45) is 7.05 Å². The molecule has 0 unspecified atom stereocenters. The molecular formula is C10H12N4O3S. The van der Waals surface area contributed by atoms with Crippen molar-refractivity contribution in [2.75, 3.05) is 0 Å². The summed E-state index contributed by atoms with van der Waals surface area (Å²) in [6, 6.07) is 5.27. The van der Waals surface area contributed by atoms with Crippen molar-refractivity contribution in [3.63, 3.8) is 0 Å². The lowest BCUT2D eigenvalue weighted by Crippen LogP contribution is -2.23. The lowest BCUT2D eigenvalue weighted by molar-refractivity contribution is 0.474. The van der Waals surface area contributed by atoms with Gasteiger partial charge in [-0.25, -0.2) is 18.1 Å². The highest BCUT2D eigenvalue weighted by molar-refractivity contribution is 7.89. The summed E-state index contributed by atoms with van der Waals surface area (Å²) in [5.74, 6) is 0.403. The molecule has 7 nitrogen and oxygen atoms in total. The van der Waals surface area contributed by atoms with Crippen LogP contribution in [0.1, 0.15) is 5.82 Å². The first-order valence-corrected chi connectivity index (χ1v) is 6.59. The Morgan fingerprint density at radius 1 is 1.33 bits per heavy atom. The molecule has 0 fully saturated rings. The van der Waals surface area contributed by atoms with Gasteiger partial charge in [0.15, 0.2) is 5.82 Å². The second kappa shape index (κ2) is 4.75. The topological polar surface area (TPSA) is 97.1 Å². The smallest absolute Gasteiger partial charge is 0.240 e. The fraction of sp³-hybridized carbons (Fsp3) is 0.200. The Morgan fingerprint density at radius 2 is 2.00 bits per heavy atom. The van der Waals surface area contributed by atoms with Crippen molar-refractivity contribution in [3.05, 3.63) is 36.4 Å². The summed E-state index contributed by atoms with van der Waals surface area (Å²) in [5.41, 5.74) is 0. The number of nitrogens with zero attached hydrogens (tertiary/aromatic N) is 3. The van der Waals surface area contributed by atoms with Crippen molar-refractivity contribution >= 4 is 10.0 Å². The standard InChI is InChI=1S/C10H12N4O3S/c1-14-7-11-10(13-14)6-12-18(16,17)9-4-2-8(15)3-5-9/h2-5,7,12,15H,6H2,1H3. The maximum Gasteiger partial charge on any atom is 0.240 e. The molecule has 0 spiro atoms. The Hall–Kier alpha value is -1.93. The second-order valence-electron chi connectivity index (χ2n) is 3.65. The summed E-state index contributed by atoms with van der Waals surface area (Å²) >= 11 is 0. The third kappa shape index (κ3) is 2.84. The highest BCUT2D eigenvalue weighted by atomic mass is 32.2. The first kappa shape index (κ1) is 12.5. The normalized spacial score (nSPS) is 11.6. The van der Waals surface area contributed by atoms with Gasteiger partial charge in [-0.05, 0) is 24.3 Å². The van der Waals surface area contributed by atoms with Crippen LogP contribution < -0.4 is 4.72 Å². The van der Waals surface area contributed by atoms with E-state index in [-0.39, 0.29) is 17.2 Å². The summed E-state index contributed by atoms with van der Waals surface area (Å²) in [4.78, 5) is 3.99. The predicted octanol–water partition coefficient (Wildman–Crippen LogP) is -0.000800. The molecule has 0 saturated carbocycles. The van der Waals surface area contributed by atoms with E-state index in [2.05, 4.69) is 14.8 Å². The highest BCUT2D eigenvalue weighted by Gasteiger charge is 2.14. The molecule has 2 aromatic rings. The summed E-state index contributed by atoms with van der Waals surface area (Å²) in [5, 5.41) is 13.1. The van der Waals surface area contributed by atoms with Gasteiger partial charge in [-0.1, -0.05) is 0 Å². The van der Waals surface area contributed by atoms with Crippen molar-refractivity contribution in [2.45, 2.75) is 11.4 Å². The molecule has 18 heavy (non-hydrogen) atoms. The van der Waals surface area contributed by atoms with E-state index in [9.17, 15) is 8.42 Å². The number of nitrogens with one attached hydrogen (secondary N) is 1. The van der Waals surface area contributed by atoms with E-state index >= 15 is 0 Å². The van der Waals surface area contributed by atoms with Crippen LogP contribution >= 0.6 is 0 Å². The lowest BCUT2D eigenvalue weighted by atomic mass is 10.3. The van der Waals surface area contributed by atoms with Gasteiger partial charge in [-0.2, -0.15) is 5.10 Å². The van der Waals surface area contributed by atoms with Crippen LogP contribution in [0.25, 0.3) is 0 Å². The predicted molar refractivity (Wildman–Crippen MR) is 63.1 cm³/mol. The molecule has 0 aliphatic carbocycles. The first-order chi connectivity index (χ1) is 8.47. The third-order valence-electron chi connectivity index (χ3n) is 2.21. The van der Waals surface area contributed by atoms with Crippen LogP contribution in [0, 0.1) is 0 Å². The largest absolute Gasteiger partial charge is 0.508 e. The molecule has 1 aromatic carbocycles. The minimum Gasteiger partial charge on any atom is -0.508 e. The number of rotatable bonds is 4. The van der Waals surface area contributed by atoms with Gasteiger partial charge in [-0.3, -0.25) is 4.68 Å². The van der Waals surface area contributed by atoms with E-state index in [1.807, 2.05) is 0 Å². The molecule has 1 heterocycles. The van der Waals surface area contributed by atoms with Crippen LogP contribution in [-0.2, 0) is 23.6 Å². The minimum atomic E-state index is -3.62. The van der Waals surface area contributed by atoms with Crippen LogP contribution in [0.4, 0.5) is 0 Å². The van der Waals surface area contributed by atoms with Crippen molar-refractivity contribution in [1.29, 1.82) is 0 Å². The quantitative estimate of drug-likeness (QED) is 0.813. The van der Waals surface area contributed by atoms with E-state index in [4.69, 9.17) is 5.11 Å². The van der Waals surface area contributed by atoms with Gasteiger partial charge in [0.1, 0.15) is 12.1 Å². The van der Waals surface area contributed by atoms with Crippen LogP contribution in [0.2, 0.25) is 0 Å². The zero-order valence-electron chi connectivity index (χ0n) is 9.61. The SMILES string of the molecule is Cn1cnc(CNS(=O)(=O)c2ccc(O)cc2)n1. The summed E-state index contributed by atoms with van der Waals surface area (Å²) in [6.07, 6.45) is 1.49. The molecule has 8 heteroatoms. The van der Waals surface area contributed by atoms with Gasteiger partial charge in [0.25, 0.3) is 0 Å². The highest BCUT2D eigenvalue weighted by Crippen LogP contribution is 2.14. The Labute approximate surface area is 104 Å². The number of phenolic OH excluding ortho intramolecular Hbond substituents is 1. The van der Waals surface area contributed by atoms with Crippen molar-refractivity contribution < 1.29 is 13.5 Å². The maximum absolute atomic E-state index is 11.9. The van der Waals surface area contributed by atoms with Crippen LogP contribution in [0.3, 0.4) is 0 Å². The fourth-order valence-electron chi connectivity index (χ4n) is 1.33. The van der Waals surface area contributed by atoms with E-state index < -0.39 is 10.0 Å². The second-order valence-corrected chi connectivity index (χ2v) is 5.42. The monoisotopic (exact) mass is 268 g/mol. The maximum atomic E-state index is 11.9. The Morgan fingerprint density at radius 3 is 2.56 bits per heavy atom. The number of hydrogen-bond acceptors (Lipinski definition) is 5. The average molecular weight is 268 g/mol. The number of aromatic nitrogens is 3. The molecule has 2 rings (SSSR count). The van der Waals surface area contributed by atoms with Gasteiger partial charge < -0.3 is 5.11 Å². The Kier molecular flexibility index (Phi) is 3.30. The fourth-order valence-corrected chi connectivity index (χ4v) is 2.31. The average Bonchev–Trinajstić information content (AvgIpc) is 2.73. The van der Waals surface area contributed by atoms with Gasteiger partial charge in [0.05, 0.1) is 11.4 Å². The van der Waals surface area contributed by atoms with Crippen LogP contribution in [0.5, 0.6) is 5.75 Å². The van der Waals surface area contributed by atoms with E-state index in [1.165, 1.54) is 35.3 Å². The zero-order chi connectivity index (χ0) is 13.2. The molecule has 0 bridgehead atoms. The molecule has 0 radical (unpaired) electrons. The van der Waals surface area contributed by atoms with Crippen LogP contribution in [0.15, 0.2) is 35.5 Å². The van der Waals surface area contributed by atoms with Gasteiger partial charge in [-0.15, -0.1) is 0 Å². The minimum absolute atomic E-state index is 0.0142. The zero-order valence-corrected chi connectivity index (χ0v) is 10.4.